The summed E-state index contributed by atoms with van der Waals surface area (Å²) in [4.78, 5) is 21.4. The van der Waals surface area contributed by atoms with Gasteiger partial charge in [0.2, 0.25) is 0 Å². The van der Waals surface area contributed by atoms with E-state index in [0.29, 0.717) is 17.5 Å². The van der Waals surface area contributed by atoms with Gasteiger partial charge in [-0.25, -0.2) is 0 Å². The molecule has 1 aromatic carbocycles. The van der Waals surface area contributed by atoms with Crippen molar-refractivity contribution in [2.45, 2.75) is 45.6 Å². The number of carbonyl (C=O) groups is 1. The molecular weight excluding hydrogens is 256 g/mol. The van der Waals surface area contributed by atoms with Gasteiger partial charge in [0.25, 0.3) is 5.69 Å². The van der Waals surface area contributed by atoms with Crippen molar-refractivity contribution in [1.29, 1.82) is 0 Å². The minimum atomic E-state index is -0.441. The first-order valence-corrected chi connectivity index (χ1v) is 6.91. The molecule has 2 rings (SSSR count). The zero-order chi connectivity index (χ0) is 14.8. The van der Waals surface area contributed by atoms with E-state index >= 15 is 0 Å². The number of nitro benzene ring substituents is 1. The van der Waals surface area contributed by atoms with Crippen LogP contribution in [0.25, 0.3) is 0 Å². The molecule has 0 radical (unpaired) electrons. The van der Waals surface area contributed by atoms with E-state index in [1.165, 1.54) is 12.5 Å². The van der Waals surface area contributed by atoms with Gasteiger partial charge in [0.1, 0.15) is 12.0 Å². The lowest BCUT2D eigenvalue weighted by Crippen LogP contribution is -2.31. The summed E-state index contributed by atoms with van der Waals surface area (Å²) in [6, 6.07) is 4.81. The molecule has 0 spiro atoms. The highest BCUT2D eigenvalue weighted by Crippen LogP contribution is 2.37. The Morgan fingerprint density at radius 3 is 2.80 bits per heavy atom. The van der Waals surface area contributed by atoms with E-state index in [1.54, 1.807) is 12.1 Å². The van der Waals surface area contributed by atoms with Gasteiger partial charge in [-0.1, -0.05) is 20.3 Å². The molecule has 1 fully saturated rings. The van der Waals surface area contributed by atoms with Crippen LogP contribution in [0.15, 0.2) is 18.2 Å². The Labute approximate surface area is 118 Å². The summed E-state index contributed by atoms with van der Waals surface area (Å²) in [5.74, 6) is 0. The van der Waals surface area contributed by atoms with Crippen LogP contribution in [0, 0.1) is 15.5 Å². The molecular formula is C15H20N2O3. The van der Waals surface area contributed by atoms with Crippen LogP contribution in [0.2, 0.25) is 0 Å². The third-order valence-corrected chi connectivity index (χ3v) is 3.92. The van der Waals surface area contributed by atoms with Crippen LogP contribution in [-0.2, 0) is 0 Å². The fraction of sp³-hybridized carbons (Fsp3) is 0.533. The molecule has 1 unspecified atom stereocenters. The van der Waals surface area contributed by atoms with Crippen molar-refractivity contribution in [2.75, 3.05) is 5.32 Å². The Kier molecular flexibility index (Phi) is 4.06. The molecule has 1 atom stereocenters. The minimum Gasteiger partial charge on any atom is -0.377 e. The highest BCUT2D eigenvalue weighted by Gasteiger charge is 2.29. The molecule has 1 N–H and O–H groups in total. The molecule has 1 aromatic rings. The highest BCUT2D eigenvalue weighted by molar-refractivity contribution is 5.79. The maximum atomic E-state index is 11.1. The summed E-state index contributed by atoms with van der Waals surface area (Å²) in [7, 11) is 0. The summed E-state index contributed by atoms with van der Waals surface area (Å²) < 4.78 is 0. The Balaban J connectivity index is 2.20. The second-order valence-electron chi connectivity index (χ2n) is 6.25. The zero-order valence-electron chi connectivity index (χ0n) is 11.9. The number of benzene rings is 1. The maximum absolute atomic E-state index is 11.1. The lowest BCUT2D eigenvalue weighted by molar-refractivity contribution is -0.384. The first kappa shape index (κ1) is 14.5. The van der Waals surface area contributed by atoms with E-state index in [9.17, 15) is 14.9 Å². The lowest BCUT2D eigenvalue weighted by atomic mass is 9.75. The van der Waals surface area contributed by atoms with Gasteiger partial charge in [-0.3, -0.25) is 14.9 Å². The largest absolute Gasteiger partial charge is 0.377 e. The number of nitro groups is 1. The topological polar surface area (TPSA) is 72.2 Å². The normalized spacial score (nSPS) is 21.2. The van der Waals surface area contributed by atoms with Gasteiger partial charge in [-0.05, 0) is 36.8 Å². The highest BCUT2D eigenvalue weighted by atomic mass is 16.6. The third-order valence-electron chi connectivity index (χ3n) is 3.92. The number of nitrogens with zero attached hydrogens (tertiary/aromatic N) is 1. The lowest BCUT2D eigenvalue weighted by Gasteiger charge is -2.35. The van der Waals surface area contributed by atoms with Gasteiger partial charge in [0, 0.05) is 17.7 Å². The number of anilines is 1. The number of carbonyl (C=O) groups excluding carboxylic acids is 1. The number of hydrogen-bond acceptors (Lipinski definition) is 4. The zero-order valence-corrected chi connectivity index (χ0v) is 11.9. The molecule has 0 bridgehead atoms. The van der Waals surface area contributed by atoms with Crippen LogP contribution in [-0.4, -0.2) is 17.3 Å². The van der Waals surface area contributed by atoms with E-state index in [-0.39, 0.29) is 17.1 Å². The molecule has 5 nitrogen and oxygen atoms in total. The van der Waals surface area contributed by atoms with Crippen LogP contribution in [0.3, 0.4) is 0 Å². The number of nitrogens with one attached hydrogen (secondary N) is 1. The minimum absolute atomic E-state index is 0.0296. The first-order chi connectivity index (χ1) is 9.41. The van der Waals surface area contributed by atoms with Gasteiger partial charge < -0.3 is 5.32 Å². The number of rotatable bonds is 4. The third kappa shape index (κ3) is 3.35. The summed E-state index contributed by atoms with van der Waals surface area (Å²) in [6.45, 7) is 4.45. The average Bonchev–Trinajstić information content (AvgIpc) is 2.37. The van der Waals surface area contributed by atoms with Crippen LogP contribution < -0.4 is 5.32 Å². The van der Waals surface area contributed by atoms with E-state index in [0.717, 1.165) is 19.3 Å². The number of hydrogen-bond donors (Lipinski definition) is 1. The predicted molar refractivity (Wildman–Crippen MR) is 78.1 cm³/mol. The van der Waals surface area contributed by atoms with Gasteiger partial charge >= 0.3 is 0 Å². The Morgan fingerprint density at radius 1 is 1.45 bits per heavy atom. The molecule has 1 aliphatic carbocycles. The Hall–Kier alpha value is -1.91. The SMILES string of the molecule is CC1(C)CCCC(Nc2ccc(C=O)cc2[N+](=O)[O-])C1. The van der Waals surface area contributed by atoms with E-state index in [1.807, 2.05) is 0 Å². The van der Waals surface area contributed by atoms with Crippen LogP contribution >= 0.6 is 0 Å². The van der Waals surface area contributed by atoms with Crippen molar-refractivity contribution in [2.24, 2.45) is 5.41 Å². The second-order valence-corrected chi connectivity index (χ2v) is 6.25. The van der Waals surface area contributed by atoms with Crippen molar-refractivity contribution >= 4 is 17.7 Å². The van der Waals surface area contributed by atoms with Crippen molar-refractivity contribution in [1.82, 2.24) is 0 Å². The molecule has 108 valence electrons. The van der Waals surface area contributed by atoms with E-state index in [4.69, 9.17) is 0 Å². The van der Waals surface area contributed by atoms with Crippen LogP contribution in [0.1, 0.15) is 49.9 Å². The monoisotopic (exact) mass is 276 g/mol. The smallest absolute Gasteiger partial charge is 0.293 e. The predicted octanol–water partition coefficient (Wildman–Crippen LogP) is 3.79. The van der Waals surface area contributed by atoms with Crippen LogP contribution in [0.4, 0.5) is 11.4 Å². The fourth-order valence-corrected chi connectivity index (χ4v) is 2.94. The van der Waals surface area contributed by atoms with E-state index in [2.05, 4.69) is 19.2 Å². The van der Waals surface area contributed by atoms with Crippen LogP contribution in [0.5, 0.6) is 0 Å². The number of aldehydes is 1. The Morgan fingerprint density at radius 2 is 2.20 bits per heavy atom. The molecule has 0 heterocycles. The van der Waals surface area contributed by atoms with Crippen molar-refractivity contribution in [3.63, 3.8) is 0 Å². The second kappa shape index (κ2) is 5.61. The molecule has 5 heteroatoms. The molecule has 0 amide bonds. The standard InChI is InChI=1S/C15H20N2O3/c1-15(2)7-3-4-12(9-15)16-13-6-5-11(10-18)8-14(13)17(19)20/h5-6,8,10,12,16H,3-4,7,9H2,1-2H3. The molecule has 0 saturated heterocycles. The summed E-state index contributed by atoms with van der Waals surface area (Å²) in [5, 5.41) is 14.4. The summed E-state index contributed by atoms with van der Waals surface area (Å²) in [5.41, 5.74) is 1.07. The average molecular weight is 276 g/mol. The molecule has 1 saturated carbocycles. The molecule has 1 aliphatic rings. The van der Waals surface area contributed by atoms with Gasteiger partial charge in [-0.2, -0.15) is 0 Å². The molecule has 20 heavy (non-hydrogen) atoms. The van der Waals surface area contributed by atoms with Crippen molar-refractivity contribution < 1.29 is 9.72 Å². The first-order valence-electron chi connectivity index (χ1n) is 6.91. The van der Waals surface area contributed by atoms with Gasteiger partial charge in [0.05, 0.1) is 4.92 Å². The summed E-state index contributed by atoms with van der Waals surface area (Å²) in [6.07, 6.45) is 4.97. The molecule has 0 aromatic heterocycles. The van der Waals surface area contributed by atoms with Crippen molar-refractivity contribution in [3.05, 3.63) is 33.9 Å². The summed E-state index contributed by atoms with van der Waals surface area (Å²) >= 11 is 0. The fourth-order valence-electron chi connectivity index (χ4n) is 2.94. The maximum Gasteiger partial charge on any atom is 0.293 e. The van der Waals surface area contributed by atoms with Gasteiger partial charge in [0.15, 0.2) is 0 Å². The van der Waals surface area contributed by atoms with E-state index < -0.39 is 4.92 Å². The quantitative estimate of drug-likeness (QED) is 0.516. The van der Waals surface area contributed by atoms with Gasteiger partial charge in [-0.15, -0.1) is 0 Å². The molecule has 0 aliphatic heterocycles. The Bertz CT molecular complexity index is 526. The van der Waals surface area contributed by atoms with Crippen molar-refractivity contribution in [3.8, 4) is 0 Å².